The van der Waals surface area contributed by atoms with Gasteiger partial charge in [-0.1, -0.05) is 364 Å². The molecule has 9 heterocycles. The van der Waals surface area contributed by atoms with Gasteiger partial charge in [0, 0.05) is 119 Å². The topological polar surface area (TPSA) is 105 Å². The Morgan fingerprint density at radius 3 is 0.848 bits per heavy atom. The molecule has 0 saturated carbocycles. The van der Waals surface area contributed by atoms with Gasteiger partial charge in [-0.25, -0.2) is 29.9 Å². The normalized spacial score (nSPS) is 11.8. The zero-order valence-electron chi connectivity index (χ0n) is 70.9. The van der Waals surface area contributed by atoms with Crippen molar-refractivity contribution in [2.45, 2.75) is 0 Å². The van der Waals surface area contributed by atoms with E-state index in [2.05, 4.69) is 384 Å². The molecule has 10 nitrogen and oxygen atoms in total. The monoisotopic (exact) mass is 1720 g/mol. The molecular weight excluding hydrogens is 1650 g/mol. The molecule has 12 heteroatoms. The molecule has 0 bridgehead atoms. The summed E-state index contributed by atoms with van der Waals surface area (Å²) in [4.78, 5) is 31.1. The second-order valence-electron chi connectivity index (χ2n) is 33.4. The van der Waals surface area contributed by atoms with Crippen LogP contribution >= 0.6 is 22.7 Å². The number of hydrogen-bond acceptors (Lipinski definition) is 9. The van der Waals surface area contributed by atoms with E-state index in [1.54, 1.807) is 0 Å². The summed E-state index contributed by atoms with van der Waals surface area (Å²) in [6.45, 7) is 0. The Hall–Kier alpha value is -17.2. The van der Waals surface area contributed by atoms with Gasteiger partial charge in [-0.15, -0.1) is 22.7 Å². The highest BCUT2D eigenvalue weighted by molar-refractivity contribution is 7.27. The fraction of sp³-hybridized carbons (Fsp3) is 0. The average Bonchev–Trinajstić information content (AvgIpc) is 1.55. The largest absolute Gasteiger partial charge is 0.454 e. The van der Waals surface area contributed by atoms with Crippen molar-refractivity contribution in [2.24, 2.45) is 0 Å². The van der Waals surface area contributed by atoms with Gasteiger partial charge in [-0.2, -0.15) is 0 Å². The maximum atomic E-state index is 6.72. The van der Waals surface area contributed by atoms with Gasteiger partial charge in [0.05, 0.1) is 71.1 Å². The third-order valence-electron chi connectivity index (χ3n) is 25.8. The lowest BCUT2D eigenvalue weighted by Gasteiger charge is -2.12. The Morgan fingerprint density at radius 1 is 0.197 bits per heavy atom. The first-order chi connectivity index (χ1) is 65.5. The van der Waals surface area contributed by atoms with Crippen LogP contribution in [0.1, 0.15) is 0 Å². The third kappa shape index (κ3) is 12.5. The van der Waals surface area contributed by atoms with Crippen molar-refractivity contribution in [2.75, 3.05) is 0 Å². The lowest BCUT2D eigenvalue weighted by Crippen LogP contribution is -2.04. The molecular formula is C120H73N9OS2. The van der Waals surface area contributed by atoms with Gasteiger partial charge in [0.25, 0.3) is 0 Å². The molecule has 28 aromatic rings. The summed E-state index contributed by atoms with van der Waals surface area (Å²) < 4.78 is 18.8. The number of para-hydroxylation sites is 4. The van der Waals surface area contributed by atoms with E-state index in [4.69, 9.17) is 34.3 Å². The molecule has 9 aromatic heterocycles. The number of benzene rings is 19. The van der Waals surface area contributed by atoms with E-state index in [1.807, 2.05) is 95.5 Å². The summed E-state index contributed by atoms with van der Waals surface area (Å²) in [5.74, 6) is 2.00. The zero-order chi connectivity index (χ0) is 86.9. The van der Waals surface area contributed by atoms with Crippen LogP contribution in [0.15, 0.2) is 447 Å². The van der Waals surface area contributed by atoms with E-state index in [0.717, 1.165) is 134 Å². The van der Waals surface area contributed by atoms with Gasteiger partial charge in [-0.3, -0.25) is 9.13 Å². The van der Waals surface area contributed by atoms with E-state index >= 15 is 0 Å². The molecule has 0 aliphatic rings. The second-order valence-corrected chi connectivity index (χ2v) is 35.5. The van der Waals surface area contributed by atoms with Crippen LogP contribution in [0.3, 0.4) is 0 Å². The van der Waals surface area contributed by atoms with Crippen LogP contribution in [0, 0.1) is 0 Å². The number of thiophene rings is 2. The van der Waals surface area contributed by atoms with Gasteiger partial charge >= 0.3 is 0 Å². The van der Waals surface area contributed by atoms with Crippen molar-refractivity contribution in [1.29, 1.82) is 0 Å². The van der Waals surface area contributed by atoms with Crippen LogP contribution in [0.5, 0.6) is 0 Å². The molecule has 28 rings (SSSR count). The Labute approximate surface area is 764 Å². The number of hydrogen-bond donors (Lipinski definition) is 0. The van der Waals surface area contributed by atoms with Crippen molar-refractivity contribution in [3.8, 4) is 96.5 Å². The van der Waals surface area contributed by atoms with Crippen molar-refractivity contribution < 1.29 is 4.42 Å². The summed E-state index contributed by atoms with van der Waals surface area (Å²) in [5.41, 5.74) is 22.2. The summed E-state index contributed by atoms with van der Waals surface area (Å²) in [5, 5.41) is 22.2. The highest BCUT2D eigenvalue weighted by Gasteiger charge is 2.29. The third-order valence-corrected chi connectivity index (χ3v) is 28.2. The van der Waals surface area contributed by atoms with Crippen LogP contribution in [0.4, 0.5) is 0 Å². The second kappa shape index (κ2) is 31.4. The fourth-order valence-corrected chi connectivity index (χ4v) is 22.5. The molecule has 0 saturated heterocycles. The molecule has 19 aromatic carbocycles. The van der Waals surface area contributed by atoms with Gasteiger partial charge in [0.2, 0.25) is 11.9 Å². The molecule has 0 aliphatic heterocycles. The number of nitrogens with zero attached hydrogens (tertiary/aromatic N) is 9. The summed E-state index contributed by atoms with van der Waals surface area (Å²) in [6, 6.07) is 155. The van der Waals surface area contributed by atoms with Crippen LogP contribution in [0.25, 0.3) is 257 Å². The number of fused-ring (bicyclic) bond motifs is 30. The molecule has 0 spiro atoms. The van der Waals surface area contributed by atoms with Gasteiger partial charge in [0.15, 0.2) is 11.4 Å². The van der Waals surface area contributed by atoms with Gasteiger partial charge in [-0.05, 0) is 111 Å². The SMILES string of the molecule is c1ccc(-c2cc(-c3ccccc3)nc(-c3ccc(-n4c5ccccc5c5c6ccccc6c6c7ccccc7sc6c54)cc3)n2)cc1.c1ccc(-c2cc(-c3ccccc3)nc(-n3c4ccccc4c4c5ccccc5c5c6ccccc6oc5c43)n2)cc1.c1ccc(-c2cc(-c3ccccc3)nc(-n3c4ccccc4c4c5ccccc5c5c6ccccc6sc5c43)n2)cc1. The maximum absolute atomic E-state index is 6.72. The van der Waals surface area contributed by atoms with Gasteiger partial charge in [0.1, 0.15) is 11.1 Å². The fourth-order valence-electron chi connectivity index (χ4n) is 20.0. The predicted octanol–water partition coefficient (Wildman–Crippen LogP) is 32.5. The molecule has 0 aliphatic carbocycles. The van der Waals surface area contributed by atoms with E-state index in [1.165, 1.54) is 105 Å². The lowest BCUT2D eigenvalue weighted by atomic mass is 9.99. The highest BCUT2D eigenvalue weighted by atomic mass is 32.1. The Morgan fingerprint density at radius 2 is 0.470 bits per heavy atom. The molecule has 0 atom stereocenters. The number of rotatable bonds is 10. The minimum Gasteiger partial charge on any atom is -0.454 e. The lowest BCUT2D eigenvalue weighted by molar-refractivity contribution is 0.671. The van der Waals surface area contributed by atoms with Gasteiger partial charge < -0.3 is 8.98 Å². The predicted molar refractivity (Wildman–Crippen MR) is 553 cm³/mol. The zero-order valence-corrected chi connectivity index (χ0v) is 72.5. The number of furan rings is 1. The van der Waals surface area contributed by atoms with E-state index in [-0.39, 0.29) is 0 Å². The Balaban J connectivity index is 0.000000104. The van der Waals surface area contributed by atoms with Crippen LogP contribution in [0.2, 0.25) is 0 Å². The minimum atomic E-state index is 0.610. The first-order valence-corrected chi connectivity index (χ1v) is 46.0. The molecule has 0 radical (unpaired) electrons. The Kier molecular flexibility index (Phi) is 18.1. The van der Waals surface area contributed by atoms with E-state index in [0.29, 0.717) is 17.7 Å². The van der Waals surface area contributed by atoms with E-state index in [9.17, 15) is 0 Å². The van der Waals surface area contributed by atoms with Crippen molar-refractivity contribution >= 4 is 183 Å². The van der Waals surface area contributed by atoms with Crippen molar-refractivity contribution in [3.05, 3.63) is 443 Å². The maximum Gasteiger partial charge on any atom is 0.235 e. The molecule has 0 N–H and O–H groups in total. The number of aromatic nitrogens is 9. The molecule has 0 fully saturated rings. The molecule has 616 valence electrons. The molecule has 0 amide bonds. The van der Waals surface area contributed by atoms with Crippen molar-refractivity contribution in [1.82, 2.24) is 43.6 Å². The van der Waals surface area contributed by atoms with Crippen molar-refractivity contribution in [3.63, 3.8) is 0 Å². The average molecular weight is 1720 g/mol. The highest BCUT2D eigenvalue weighted by Crippen LogP contribution is 2.52. The summed E-state index contributed by atoms with van der Waals surface area (Å²) in [6.07, 6.45) is 0. The van der Waals surface area contributed by atoms with Crippen LogP contribution in [-0.4, -0.2) is 43.6 Å². The summed E-state index contributed by atoms with van der Waals surface area (Å²) >= 11 is 3.74. The Bertz CT molecular complexity index is 8930. The van der Waals surface area contributed by atoms with Crippen LogP contribution < -0.4 is 0 Å². The standard InChI is InChI=1S/C44H27N3S.C38H23N3O.C38H23N3S/c1-3-13-28(14-4-1)36-27-37(29-15-5-2-6-16-29)46-44(45-36)30-23-25-31(26-24-30)47-38-21-11-9-19-34(38)40-32-17-7-8-18-33(32)41-35-20-10-12-22-39(35)48-43(41)42(40)47;2*1-3-13-24(14-4-1)30-23-31(25-15-5-2-6-16-25)40-38(39-30)41-32-21-11-9-19-28(32)34-26-17-7-8-18-27(26)35-29-20-10-12-22-33(29)42-37(35)36(34)41/h1-27H;2*1-23H. The molecule has 132 heavy (non-hydrogen) atoms. The summed E-state index contributed by atoms with van der Waals surface area (Å²) in [7, 11) is 0. The van der Waals surface area contributed by atoms with Crippen LogP contribution in [-0.2, 0) is 0 Å². The minimum absolute atomic E-state index is 0.610. The first kappa shape index (κ1) is 76.1. The quantitative estimate of drug-likeness (QED) is 0.134. The van der Waals surface area contributed by atoms with E-state index < -0.39 is 0 Å². The molecule has 0 unspecified atom stereocenters. The smallest absolute Gasteiger partial charge is 0.235 e. The first-order valence-electron chi connectivity index (χ1n) is 44.4.